The Labute approximate surface area is 241 Å². The molecule has 2 N–H and O–H groups in total. The fourth-order valence-electron chi connectivity index (χ4n) is 3.75. The summed E-state index contributed by atoms with van der Waals surface area (Å²) >= 11 is 0. The van der Waals surface area contributed by atoms with Gasteiger partial charge in [0, 0.05) is 37.5 Å². The van der Waals surface area contributed by atoms with Crippen LogP contribution in [-0.2, 0) is 17.8 Å². The highest BCUT2D eigenvalue weighted by atomic mass is 19.4. The van der Waals surface area contributed by atoms with E-state index in [0.717, 1.165) is 23.3 Å². The number of nitrogens with zero attached hydrogens (tertiary/aromatic N) is 3. The van der Waals surface area contributed by atoms with E-state index in [1.807, 2.05) is 0 Å². The van der Waals surface area contributed by atoms with Crippen molar-refractivity contribution in [2.75, 3.05) is 13.2 Å². The third-order valence-electron chi connectivity index (χ3n) is 5.95. The zero-order valence-corrected chi connectivity index (χ0v) is 23.1. The second-order valence-corrected chi connectivity index (χ2v) is 9.43. The van der Waals surface area contributed by atoms with Gasteiger partial charge < -0.3 is 19.9 Å². The van der Waals surface area contributed by atoms with Crippen molar-refractivity contribution in [2.45, 2.75) is 39.6 Å². The van der Waals surface area contributed by atoms with Crippen LogP contribution in [-0.4, -0.2) is 47.2 Å². The number of aliphatic hydroxyl groups excluding tert-OH is 1. The number of benzene rings is 2. The Morgan fingerprint density at radius 3 is 2.38 bits per heavy atom. The maximum absolute atomic E-state index is 13.5. The number of ether oxygens (including phenoxy) is 2. The lowest BCUT2D eigenvalue weighted by molar-refractivity contribution is -0.274. The maximum atomic E-state index is 13.5. The number of hydrogen-bond donors (Lipinski definition) is 2. The van der Waals surface area contributed by atoms with Crippen LogP contribution in [0.1, 0.15) is 31.4 Å². The molecule has 2 aromatic carbocycles. The summed E-state index contributed by atoms with van der Waals surface area (Å²) in [5.41, 5.74) is 1.57. The molecule has 0 saturated heterocycles. The van der Waals surface area contributed by atoms with Crippen LogP contribution in [0.5, 0.6) is 11.5 Å². The van der Waals surface area contributed by atoms with E-state index in [1.165, 1.54) is 24.3 Å². The van der Waals surface area contributed by atoms with E-state index in [1.54, 1.807) is 50.5 Å². The van der Waals surface area contributed by atoms with Crippen molar-refractivity contribution in [1.82, 2.24) is 10.3 Å². The van der Waals surface area contributed by atoms with Crippen LogP contribution in [0.25, 0.3) is 0 Å². The van der Waals surface area contributed by atoms with Gasteiger partial charge in [-0.3, -0.25) is 14.8 Å². The van der Waals surface area contributed by atoms with Crippen molar-refractivity contribution in [2.24, 2.45) is 21.8 Å². The molecule has 1 heterocycles. The first-order valence-electron chi connectivity index (χ1n) is 13.2. The Bertz CT molecular complexity index is 1350. The molecule has 0 saturated carbocycles. The van der Waals surface area contributed by atoms with Crippen LogP contribution in [0, 0.1) is 17.7 Å². The number of nitrogens with one attached hydrogen (secondary N) is 1. The van der Waals surface area contributed by atoms with Crippen molar-refractivity contribution in [3.8, 4) is 11.5 Å². The summed E-state index contributed by atoms with van der Waals surface area (Å²) in [5, 5.41) is 11.8. The molecule has 0 bridgehead atoms. The predicted octanol–water partition coefficient (Wildman–Crippen LogP) is 5.51. The lowest BCUT2D eigenvalue weighted by Crippen LogP contribution is -2.35. The first-order chi connectivity index (χ1) is 20.0. The van der Waals surface area contributed by atoms with E-state index < -0.39 is 29.8 Å². The van der Waals surface area contributed by atoms with Crippen LogP contribution in [0.15, 0.2) is 83.0 Å². The third-order valence-corrected chi connectivity index (χ3v) is 5.95. The zero-order chi connectivity index (χ0) is 30.5. The average Bonchev–Trinajstić information content (AvgIpc) is 2.95. The van der Waals surface area contributed by atoms with Gasteiger partial charge in [0.2, 0.25) is 5.91 Å². The average molecular weight is 589 g/mol. The van der Waals surface area contributed by atoms with Crippen LogP contribution in [0.2, 0.25) is 0 Å². The zero-order valence-electron chi connectivity index (χ0n) is 23.1. The molecule has 8 nitrogen and oxygen atoms in total. The normalized spacial score (nSPS) is 13.8. The lowest BCUT2D eigenvalue weighted by atomic mass is 10.0. The summed E-state index contributed by atoms with van der Waals surface area (Å²) in [6.07, 6.45) is -0.976. The highest BCUT2D eigenvalue weighted by Gasteiger charge is 2.31. The molecule has 0 radical (unpaired) electrons. The van der Waals surface area contributed by atoms with Crippen molar-refractivity contribution >= 4 is 17.6 Å². The molecule has 1 amide bonds. The Morgan fingerprint density at radius 2 is 1.71 bits per heavy atom. The van der Waals surface area contributed by atoms with E-state index in [0.29, 0.717) is 12.8 Å². The number of halogens is 4. The number of rotatable bonds is 12. The maximum Gasteiger partial charge on any atom is 0.573 e. The number of pyridine rings is 1. The third kappa shape index (κ3) is 10.9. The Hall–Kier alpha value is -4.32. The number of aliphatic imine (C=N–C) groups is 2. The second kappa shape index (κ2) is 15.6. The number of carbonyl (C=O) groups is 1. The van der Waals surface area contributed by atoms with Gasteiger partial charge in [0.05, 0.1) is 12.5 Å². The molecular formula is C30H32F4N4O4. The first kappa shape index (κ1) is 32.2. The molecule has 0 aliphatic rings. The molecule has 0 fully saturated rings. The van der Waals surface area contributed by atoms with E-state index in [4.69, 9.17) is 9.84 Å². The van der Waals surface area contributed by atoms with Crippen molar-refractivity contribution < 1.29 is 36.9 Å². The van der Waals surface area contributed by atoms with E-state index in [2.05, 4.69) is 25.0 Å². The Balaban J connectivity index is 2.00. The molecule has 2 unspecified atom stereocenters. The number of hydrogen-bond acceptors (Lipinski definition) is 6. The van der Waals surface area contributed by atoms with Gasteiger partial charge in [-0.25, -0.2) is 9.38 Å². The quantitative estimate of drug-likeness (QED) is 0.126. The van der Waals surface area contributed by atoms with Crippen LogP contribution < -0.4 is 14.8 Å². The number of aromatic nitrogens is 1. The molecule has 0 aliphatic heterocycles. The van der Waals surface area contributed by atoms with Crippen molar-refractivity contribution in [3.63, 3.8) is 0 Å². The van der Waals surface area contributed by atoms with Crippen LogP contribution in [0.4, 0.5) is 17.6 Å². The SMILES string of the molecule is CC(Cc1ccc(F)cc1)C(=NC(=NCc1ccncc1)C(C)C(=O)NCCCO)Oc1cccc(OC(F)(F)F)c1. The number of carbonyl (C=O) groups excluding carboxylic acids is 1. The fourth-order valence-corrected chi connectivity index (χ4v) is 3.75. The summed E-state index contributed by atoms with van der Waals surface area (Å²) < 4.78 is 62.0. The number of aliphatic hydroxyl groups is 1. The standard InChI is InChI=1S/C30H32F4N4O4/c1-20(17-22-7-9-24(31)10-8-22)29(41-25-5-3-6-26(18-25)42-30(32,33)34)38-27(21(2)28(40)36-13-4-16-39)37-19-23-11-14-35-15-12-23/h3,5-12,14-15,18,20-21,39H,4,13,16-17,19H2,1-2H3,(H,36,40). The highest BCUT2D eigenvalue weighted by molar-refractivity contribution is 6.07. The first-order valence-corrected chi connectivity index (χ1v) is 13.2. The molecule has 1 aromatic heterocycles. The van der Waals surface area contributed by atoms with Gasteiger partial charge in [-0.1, -0.05) is 25.1 Å². The van der Waals surface area contributed by atoms with E-state index in [-0.39, 0.29) is 43.1 Å². The summed E-state index contributed by atoms with van der Waals surface area (Å²) in [5.74, 6) is -2.36. The highest BCUT2D eigenvalue weighted by Crippen LogP contribution is 2.27. The summed E-state index contributed by atoms with van der Waals surface area (Å²) in [4.78, 5) is 26.1. The molecule has 3 aromatic rings. The van der Waals surface area contributed by atoms with Crippen LogP contribution >= 0.6 is 0 Å². The Morgan fingerprint density at radius 1 is 1.02 bits per heavy atom. The molecular weight excluding hydrogens is 556 g/mol. The predicted molar refractivity (Wildman–Crippen MR) is 150 cm³/mol. The molecule has 3 rings (SSSR count). The molecule has 2 atom stereocenters. The molecule has 224 valence electrons. The van der Waals surface area contributed by atoms with Gasteiger partial charge in [0.15, 0.2) is 5.90 Å². The van der Waals surface area contributed by atoms with Gasteiger partial charge in [0.25, 0.3) is 0 Å². The number of alkyl halides is 3. The topological polar surface area (TPSA) is 105 Å². The molecule has 0 spiro atoms. The van der Waals surface area contributed by atoms with Gasteiger partial charge in [-0.05, 0) is 67.3 Å². The summed E-state index contributed by atoms with van der Waals surface area (Å²) in [6.45, 7) is 3.72. The monoisotopic (exact) mass is 588 g/mol. The van der Waals surface area contributed by atoms with Gasteiger partial charge >= 0.3 is 6.36 Å². The van der Waals surface area contributed by atoms with Crippen LogP contribution in [0.3, 0.4) is 0 Å². The van der Waals surface area contributed by atoms with Crippen molar-refractivity contribution in [1.29, 1.82) is 0 Å². The minimum absolute atomic E-state index is 0.0231. The fraction of sp³-hybridized carbons (Fsp3) is 0.333. The molecule has 0 aliphatic carbocycles. The second-order valence-electron chi connectivity index (χ2n) is 9.43. The minimum atomic E-state index is -4.89. The number of amidine groups is 1. The van der Waals surface area contributed by atoms with Crippen molar-refractivity contribution in [3.05, 3.63) is 90.0 Å². The van der Waals surface area contributed by atoms with Gasteiger partial charge in [-0.15, -0.1) is 13.2 Å². The summed E-state index contributed by atoms with van der Waals surface area (Å²) in [7, 11) is 0. The largest absolute Gasteiger partial charge is 0.573 e. The van der Waals surface area contributed by atoms with E-state index in [9.17, 15) is 22.4 Å². The van der Waals surface area contributed by atoms with E-state index >= 15 is 0 Å². The lowest BCUT2D eigenvalue weighted by Gasteiger charge is -2.19. The summed E-state index contributed by atoms with van der Waals surface area (Å²) in [6, 6.07) is 14.4. The Kier molecular flexibility index (Phi) is 12.0. The smallest absolute Gasteiger partial charge is 0.442 e. The van der Waals surface area contributed by atoms with Gasteiger partial charge in [0.1, 0.15) is 23.2 Å². The molecule has 12 heteroatoms. The minimum Gasteiger partial charge on any atom is -0.442 e. The van der Waals surface area contributed by atoms with Gasteiger partial charge in [-0.2, -0.15) is 0 Å². The molecule has 42 heavy (non-hydrogen) atoms. The number of amides is 1.